The Morgan fingerprint density at radius 2 is 2.15 bits per heavy atom. The molecule has 0 saturated heterocycles. The third kappa shape index (κ3) is 4.22. The van der Waals surface area contributed by atoms with Gasteiger partial charge in [0.1, 0.15) is 0 Å². The summed E-state index contributed by atoms with van der Waals surface area (Å²) in [6.07, 6.45) is 5.11. The van der Waals surface area contributed by atoms with Crippen molar-refractivity contribution in [3.05, 3.63) is 29.3 Å². The SMILES string of the molecule is C[C@H]([NH2+][C@@H]1CCCC[C@H]1C)C(=O)Nc1cccc(Cl)c1. The molecule has 3 atom stereocenters. The van der Waals surface area contributed by atoms with Crippen LogP contribution in [0.4, 0.5) is 5.69 Å². The smallest absolute Gasteiger partial charge is 0.282 e. The van der Waals surface area contributed by atoms with Crippen LogP contribution in [0.15, 0.2) is 24.3 Å². The second-order valence-corrected chi connectivity index (χ2v) is 6.34. The predicted molar refractivity (Wildman–Crippen MR) is 82.9 cm³/mol. The van der Waals surface area contributed by atoms with Crippen LogP contribution in [0.1, 0.15) is 39.5 Å². The van der Waals surface area contributed by atoms with Gasteiger partial charge in [-0.3, -0.25) is 4.79 Å². The predicted octanol–water partition coefficient (Wildman–Crippen LogP) is 2.81. The first-order valence-electron chi connectivity index (χ1n) is 7.47. The molecule has 1 aromatic carbocycles. The Bertz CT molecular complexity index is 464. The molecule has 0 unspecified atom stereocenters. The van der Waals surface area contributed by atoms with E-state index in [0.717, 1.165) is 5.69 Å². The number of rotatable bonds is 4. The van der Waals surface area contributed by atoms with Crippen LogP contribution in [0, 0.1) is 5.92 Å². The Balaban J connectivity index is 1.88. The summed E-state index contributed by atoms with van der Waals surface area (Å²) in [5.41, 5.74) is 0.763. The van der Waals surface area contributed by atoms with Crippen LogP contribution in [-0.2, 0) is 4.79 Å². The maximum Gasteiger partial charge on any atom is 0.282 e. The van der Waals surface area contributed by atoms with Gasteiger partial charge in [0, 0.05) is 16.6 Å². The van der Waals surface area contributed by atoms with Crippen molar-refractivity contribution in [1.29, 1.82) is 0 Å². The van der Waals surface area contributed by atoms with Crippen LogP contribution in [0.5, 0.6) is 0 Å². The zero-order valence-corrected chi connectivity index (χ0v) is 13.0. The molecule has 3 nitrogen and oxygen atoms in total. The van der Waals surface area contributed by atoms with Crippen molar-refractivity contribution in [2.75, 3.05) is 5.32 Å². The maximum atomic E-state index is 12.2. The van der Waals surface area contributed by atoms with Crippen LogP contribution in [0.3, 0.4) is 0 Å². The third-order valence-corrected chi connectivity index (χ3v) is 4.45. The van der Waals surface area contributed by atoms with E-state index < -0.39 is 0 Å². The number of anilines is 1. The fourth-order valence-electron chi connectivity index (χ4n) is 2.91. The molecule has 1 fully saturated rings. The molecule has 0 spiro atoms. The Morgan fingerprint density at radius 1 is 1.40 bits per heavy atom. The van der Waals surface area contributed by atoms with E-state index in [1.165, 1.54) is 25.7 Å². The summed E-state index contributed by atoms with van der Waals surface area (Å²) in [4.78, 5) is 12.2. The normalized spacial score (nSPS) is 24.1. The quantitative estimate of drug-likeness (QED) is 0.881. The second-order valence-electron chi connectivity index (χ2n) is 5.91. The molecule has 1 aromatic rings. The molecule has 0 aromatic heterocycles. The first-order valence-corrected chi connectivity index (χ1v) is 7.85. The van der Waals surface area contributed by atoms with E-state index in [1.807, 2.05) is 19.1 Å². The van der Waals surface area contributed by atoms with Gasteiger partial charge < -0.3 is 10.6 Å². The van der Waals surface area contributed by atoms with Crippen molar-refractivity contribution in [3.8, 4) is 0 Å². The van der Waals surface area contributed by atoms with Gasteiger partial charge in [0.05, 0.1) is 6.04 Å². The summed E-state index contributed by atoms with van der Waals surface area (Å²) < 4.78 is 0. The van der Waals surface area contributed by atoms with Gasteiger partial charge in [-0.1, -0.05) is 31.0 Å². The lowest BCUT2D eigenvalue weighted by Crippen LogP contribution is -2.97. The van der Waals surface area contributed by atoms with Gasteiger partial charge in [0.15, 0.2) is 6.04 Å². The monoisotopic (exact) mass is 295 g/mol. The van der Waals surface area contributed by atoms with Crippen LogP contribution in [0.25, 0.3) is 0 Å². The highest BCUT2D eigenvalue weighted by Crippen LogP contribution is 2.21. The van der Waals surface area contributed by atoms with E-state index in [9.17, 15) is 4.79 Å². The number of quaternary nitrogens is 1. The molecule has 3 N–H and O–H groups in total. The molecule has 0 aliphatic heterocycles. The highest BCUT2D eigenvalue weighted by atomic mass is 35.5. The summed E-state index contributed by atoms with van der Waals surface area (Å²) in [5.74, 6) is 0.746. The minimum atomic E-state index is -0.0699. The van der Waals surface area contributed by atoms with Crippen molar-refractivity contribution in [1.82, 2.24) is 0 Å². The fourth-order valence-corrected chi connectivity index (χ4v) is 3.10. The van der Waals surface area contributed by atoms with Gasteiger partial charge in [0.2, 0.25) is 0 Å². The van der Waals surface area contributed by atoms with Crippen molar-refractivity contribution in [3.63, 3.8) is 0 Å². The molecule has 4 heteroatoms. The highest BCUT2D eigenvalue weighted by molar-refractivity contribution is 6.30. The van der Waals surface area contributed by atoms with E-state index in [1.54, 1.807) is 12.1 Å². The number of carbonyl (C=O) groups is 1. The van der Waals surface area contributed by atoms with E-state index >= 15 is 0 Å². The van der Waals surface area contributed by atoms with E-state index in [-0.39, 0.29) is 11.9 Å². The second kappa shape index (κ2) is 7.09. The summed E-state index contributed by atoms with van der Waals surface area (Å²) >= 11 is 5.92. The number of carbonyl (C=O) groups excluding carboxylic acids is 1. The highest BCUT2D eigenvalue weighted by Gasteiger charge is 2.28. The summed E-state index contributed by atoms with van der Waals surface area (Å²) in [6, 6.07) is 7.78. The van der Waals surface area contributed by atoms with E-state index in [4.69, 9.17) is 11.6 Å². The van der Waals surface area contributed by atoms with Gasteiger partial charge >= 0.3 is 0 Å². The zero-order valence-electron chi connectivity index (χ0n) is 12.2. The number of amides is 1. The molecule has 0 bridgehead atoms. The summed E-state index contributed by atoms with van der Waals surface area (Å²) in [6.45, 7) is 4.27. The van der Waals surface area contributed by atoms with Gasteiger partial charge in [0.25, 0.3) is 5.91 Å². The van der Waals surface area contributed by atoms with Crippen LogP contribution in [-0.4, -0.2) is 18.0 Å². The fraction of sp³-hybridized carbons (Fsp3) is 0.562. The number of nitrogens with two attached hydrogens (primary N) is 1. The van der Waals surface area contributed by atoms with Crippen LogP contribution < -0.4 is 10.6 Å². The molecule has 0 radical (unpaired) electrons. The molecular weight excluding hydrogens is 272 g/mol. The Kier molecular flexibility index (Phi) is 5.44. The number of benzene rings is 1. The minimum Gasteiger partial charge on any atom is -0.334 e. The van der Waals surface area contributed by atoms with Crippen molar-refractivity contribution < 1.29 is 10.1 Å². The average molecular weight is 296 g/mol. The van der Waals surface area contributed by atoms with Crippen LogP contribution in [0.2, 0.25) is 5.02 Å². The number of hydrogen-bond donors (Lipinski definition) is 2. The van der Waals surface area contributed by atoms with Gasteiger partial charge in [-0.15, -0.1) is 0 Å². The molecular formula is C16H24ClN2O+. The standard InChI is InChI=1S/C16H23ClN2O/c1-11-6-3-4-9-15(11)18-12(2)16(20)19-14-8-5-7-13(17)10-14/h5,7-8,10-12,15,18H,3-4,6,9H2,1-2H3,(H,19,20)/p+1/t11-,12+,15-/m1/s1. The Labute approximate surface area is 126 Å². The topological polar surface area (TPSA) is 45.7 Å². The van der Waals surface area contributed by atoms with Crippen molar-refractivity contribution >= 4 is 23.2 Å². The molecule has 1 aliphatic rings. The summed E-state index contributed by atoms with van der Waals surface area (Å²) in [7, 11) is 0. The molecule has 1 amide bonds. The van der Waals surface area contributed by atoms with Gasteiger partial charge in [-0.25, -0.2) is 0 Å². The molecule has 2 rings (SSSR count). The Morgan fingerprint density at radius 3 is 2.85 bits per heavy atom. The number of nitrogens with one attached hydrogen (secondary N) is 1. The molecule has 1 saturated carbocycles. The van der Waals surface area contributed by atoms with Crippen LogP contribution >= 0.6 is 11.6 Å². The van der Waals surface area contributed by atoms with Gasteiger partial charge in [-0.2, -0.15) is 0 Å². The third-order valence-electron chi connectivity index (χ3n) is 4.22. The lowest BCUT2D eigenvalue weighted by molar-refractivity contribution is -0.714. The van der Waals surface area contributed by atoms with Crippen molar-refractivity contribution in [2.45, 2.75) is 51.6 Å². The lowest BCUT2D eigenvalue weighted by atomic mass is 9.85. The molecule has 1 aliphatic carbocycles. The summed E-state index contributed by atoms with van der Waals surface area (Å²) in [5, 5.41) is 5.80. The lowest BCUT2D eigenvalue weighted by Gasteiger charge is -2.28. The van der Waals surface area contributed by atoms with E-state index in [2.05, 4.69) is 17.6 Å². The average Bonchev–Trinajstić information content (AvgIpc) is 2.41. The number of hydrogen-bond acceptors (Lipinski definition) is 1. The zero-order chi connectivity index (χ0) is 14.5. The first kappa shape index (κ1) is 15.3. The molecule has 110 valence electrons. The minimum absolute atomic E-state index is 0.0463. The van der Waals surface area contributed by atoms with Gasteiger partial charge in [-0.05, 0) is 44.4 Å². The molecule has 20 heavy (non-hydrogen) atoms. The molecule has 0 heterocycles. The number of halogens is 1. The first-order chi connectivity index (χ1) is 9.56. The Hall–Kier alpha value is -1.06. The largest absolute Gasteiger partial charge is 0.334 e. The maximum absolute atomic E-state index is 12.2. The van der Waals surface area contributed by atoms with Crippen molar-refractivity contribution in [2.24, 2.45) is 5.92 Å². The van der Waals surface area contributed by atoms with E-state index in [0.29, 0.717) is 17.0 Å².